The van der Waals surface area contributed by atoms with E-state index in [2.05, 4.69) is 15.1 Å². The third-order valence-corrected chi connectivity index (χ3v) is 3.54. The van der Waals surface area contributed by atoms with Crippen molar-refractivity contribution in [3.05, 3.63) is 54.1 Å². The van der Waals surface area contributed by atoms with Crippen LogP contribution in [0.2, 0.25) is 0 Å². The number of oxime groups is 1. The van der Waals surface area contributed by atoms with Gasteiger partial charge in [0, 0.05) is 6.54 Å². The molecule has 0 aliphatic rings. The largest absolute Gasteiger partial charge is 0.497 e. The first-order valence-electron chi connectivity index (χ1n) is 6.84. The summed E-state index contributed by atoms with van der Waals surface area (Å²) in [5, 5.41) is 12.0. The summed E-state index contributed by atoms with van der Waals surface area (Å²) in [5.74, 6) is 0.837. The zero-order chi connectivity index (χ0) is 15.5. The number of aromatic nitrogens is 3. The molecule has 112 valence electrons. The van der Waals surface area contributed by atoms with Crippen molar-refractivity contribution in [1.29, 1.82) is 0 Å². The fraction of sp³-hybridized carbons (Fsp3) is 0.188. The maximum atomic E-state index is 8.82. The van der Waals surface area contributed by atoms with Crippen molar-refractivity contribution < 1.29 is 9.94 Å². The number of ether oxygens (including phenoxy) is 1. The van der Waals surface area contributed by atoms with E-state index in [9.17, 15) is 0 Å². The Balaban J connectivity index is 1.91. The Labute approximate surface area is 127 Å². The van der Waals surface area contributed by atoms with E-state index in [-0.39, 0.29) is 0 Å². The molecule has 3 aromatic rings. The zero-order valence-electron chi connectivity index (χ0n) is 12.4. The lowest BCUT2D eigenvalue weighted by Gasteiger charge is -2.06. The standard InChI is InChI=1S/C16H16N4O2/c1-11(19-21)14-7-15-16(8-17-14)20(10-18-15)9-12-3-5-13(22-2)6-4-12/h3-8,10,21H,9H2,1-2H3. The average molecular weight is 296 g/mol. The first kappa shape index (κ1) is 14.1. The number of benzene rings is 1. The summed E-state index contributed by atoms with van der Waals surface area (Å²) in [6.07, 6.45) is 3.53. The number of hydrogen-bond donors (Lipinski definition) is 1. The van der Waals surface area contributed by atoms with Crippen LogP contribution in [0.3, 0.4) is 0 Å². The lowest BCUT2D eigenvalue weighted by Crippen LogP contribution is -2.01. The Morgan fingerprint density at radius 3 is 2.73 bits per heavy atom. The monoisotopic (exact) mass is 296 g/mol. The lowest BCUT2D eigenvalue weighted by molar-refractivity contribution is 0.319. The molecule has 0 aliphatic heterocycles. The van der Waals surface area contributed by atoms with Crippen molar-refractivity contribution in [3.8, 4) is 5.75 Å². The third-order valence-electron chi connectivity index (χ3n) is 3.54. The van der Waals surface area contributed by atoms with E-state index in [1.54, 1.807) is 26.6 Å². The van der Waals surface area contributed by atoms with Crippen molar-refractivity contribution in [3.63, 3.8) is 0 Å². The molecule has 6 heteroatoms. The number of imidazole rings is 1. The quantitative estimate of drug-likeness (QED) is 0.456. The number of hydrogen-bond acceptors (Lipinski definition) is 5. The van der Waals surface area contributed by atoms with Crippen LogP contribution in [0.15, 0.2) is 48.0 Å². The zero-order valence-corrected chi connectivity index (χ0v) is 12.4. The van der Waals surface area contributed by atoms with Crippen molar-refractivity contribution in [2.45, 2.75) is 13.5 Å². The molecule has 3 rings (SSSR count). The predicted molar refractivity (Wildman–Crippen MR) is 83.6 cm³/mol. The highest BCUT2D eigenvalue weighted by molar-refractivity contribution is 5.98. The molecule has 0 radical (unpaired) electrons. The van der Waals surface area contributed by atoms with Crippen LogP contribution in [0, 0.1) is 0 Å². The van der Waals surface area contributed by atoms with E-state index in [0.29, 0.717) is 18.0 Å². The summed E-state index contributed by atoms with van der Waals surface area (Å²) in [7, 11) is 1.65. The summed E-state index contributed by atoms with van der Waals surface area (Å²) < 4.78 is 7.19. The van der Waals surface area contributed by atoms with Gasteiger partial charge in [0.1, 0.15) is 11.5 Å². The van der Waals surface area contributed by atoms with Gasteiger partial charge in [-0.1, -0.05) is 17.3 Å². The SMILES string of the molecule is COc1ccc(Cn2cnc3cc(C(C)=NO)ncc32)cc1. The van der Waals surface area contributed by atoms with Gasteiger partial charge in [-0.25, -0.2) is 4.98 Å². The van der Waals surface area contributed by atoms with Gasteiger partial charge in [-0.2, -0.15) is 0 Å². The predicted octanol–water partition coefficient (Wildman–Crippen LogP) is 2.69. The second-order valence-electron chi connectivity index (χ2n) is 4.96. The van der Waals surface area contributed by atoms with Gasteiger partial charge in [-0.15, -0.1) is 0 Å². The summed E-state index contributed by atoms with van der Waals surface area (Å²) in [6.45, 7) is 2.40. The fourth-order valence-electron chi connectivity index (χ4n) is 2.26. The van der Waals surface area contributed by atoms with Crippen LogP contribution in [0.1, 0.15) is 18.2 Å². The van der Waals surface area contributed by atoms with Gasteiger partial charge in [0.05, 0.1) is 36.4 Å². The van der Waals surface area contributed by atoms with Gasteiger partial charge >= 0.3 is 0 Å². The smallest absolute Gasteiger partial charge is 0.118 e. The molecule has 2 heterocycles. The molecule has 22 heavy (non-hydrogen) atoms. The molecule has 0 unspecified atom stereocenters. The molecule has 0 atom stereocenters. The molecule has 2 aromatic heterocycles. The Bertz CT molecular complexity index is 822. The average Bonchev–Trinajstić information content (AvgIpc) is 2.97. The van der Waals surface area contributed by atoms with Gasteiger partial charge in [0.15, 0.2) is 0 Å². The van der Waals surface area contributed by atoms with Crippen LogP contribution in [0.5, 0.6) is 5.75 Å². The molecule has 0 aliphatic carbocycles. The molecule has 6 nitrogen and oxygen atoms in total. The first-order chi connectivity index (χ1) is 10.7. The molecule has 0 bridgehead atoms. The minimum atomic E-state index is 0.464. The van der Waals surface area contributed by atoms with Crippen LogP contribution in [-0.2, 0) is 6.54 Å². The number of fused-ring (bicyclic) bond motifs is 1. The van der Waals surface area contributed by atoms with Crippen molar-refractivity contribution in [1.82, 2.24) is 14.5 Å². The second kappa shape index (κ2) is 5.85. The van der Waals surface area contributed by atoms with Crippen LogP contribution in [0.4, 0.5) is 0 Å². The Kier molecular flexibility index (Phi) is 3.74. The molecule has 0 spiro atoms. The molecule has 0 amide bonds. The third kappa shape index (κ3) is 2.63. The molecular weight excluding hydrogens is 280 g/mol. The number of nitrogens with zero attached hydrogens (tertiary/aromatic N) is 4. The Morgan fingerprint density at radius 2 is 2.05 bits per heavy atom. The number of rotatable bonds is 4. The highest BCUT2D eigenvalue weighted by Crippen LogP contribution is 2.17. The second-order valence-corrected chi connectivity index (χ2v) is 4.96. The van der Waals surface area contributed by atoms with Gasteiger partial charge in [0.25, 0.3) is 0 Å². The van der Waals surface area contributed by atoms with Crippen LogP contribution in [0.25, 0.3) is 11.0 Å². The van der Waals surface area contributed by atoms with Gasteiger partial charge in [-0.3, -0.25) is 4.98 Å². The number of methoxy groups -OCH3 is 1. The highest BCUT2D eigenvalue weighted by atomic mass is 16.5. The maximum absolute atomic E-state index is 8.82. The topological polar surface area (TPSA) is 72.5 Å². The Hall–Kier alpha value is -2.89. The molecule has 0 saturated carbocycles. The minimum absolute atomic E-state index is 0.464. The maximum Gasteiger partial charge on any atom is 0.118 e. The van der Waals surface area contributed by atoms with E-state index in [1.807, 2.05) is 34.9 Å². The van der Waals surface area contributed by atoms with E-state index < -0.39 is 0 Å². The summed E-state index contributed by atoms with van der Waals surface area (Å²) in [4.78, 5) is 8.70. The minimum Gasteiger partial charge on any atom is -0.497 e. The van der Waals surface area contributed by atoms with E-state index in [0.717, 1.165) is 22.3 Å². The summed E-state index contributed by atoms with van der Waals surface area (Å²) in [5.41, 5.74) is 3.99. The van der Waals surface area contributed by atoms with E-state index in [4.69, 9.17) is 9.94 Å². The van der Waals surface area contributed by atoms with Crippen LogP contribution >= 0.6 is 0 Å². The first-order valence-corrected chi connectivity index (χ1v) is 6.84. The van der Waals surface area contributed by atoms with Gasteiger partial charge in [0.2, 0.25) is 0 Å². The van der Waals surface area contributed by atoms with Gasteiger partial charge in [-0.05, 0) is 30.7 Å². The van der Waals surface area contributed by atoms with Crippen molar-refractivity contribution >= 4 is 16.7 Å². The van der Waals surface area contributed by atoms with Crippen LogP contribution < -0.4 is 4.74 Å². The number of pyridine rings is 1. The fourth-order valence-corrected chi connectivity index (χ4v) is 2.26. The molecular formula is C16H16N4O2. The van der Waals surface area contributed by atoms with Crippen molar-refractivity contribution in [2.75, 3.05) is 7.11 Å². The summed E-state index contributed by atoms with van der Waals surface area (Å²) in [6, 6.07) is 9.73. The highest BCUT2D eigenvalue weighted by Gasteiger charge is 2.07. The normalized spacial score (nSPS) is 11.8. The summed E-state index contributed by atoms with van der Waals surface area (Å²) >= 11 is 0. The van der Waals surface area contributed by atoms with Gasteiger partial charge < -0.3 is 14.5 Å². The molecule has 1 aromatic carbocycles. The molecule has 0 fully saturated rings. The van der Waals surface area contributed by atoms with Crippen LogP contribution in [-0.4, -0.2) is 32.6 Å². The molecule has 1 N–H and O–H groups in total. The Morgan fingerprint density at radius 1 is 1.27 bits per heavy atom. The van der Waals surface area contributed by atoms with E-state index >= 15 is 0 Å². The lowest BCUT2D eigenvalue weighted by atomic mass is 10.2. The van der Waals surface area contributed by atoms with E-state index in [1.165, 1.54) is 0 Å². The molecule has 0 saturated heterocycles. The van der Waals surface area contributed by atoms with Crippen molar-refractivity contribution in [2.24, 2.45) is 5.16 Å².